The van der Waals surface area contributed by atoms with Gasteiger partial charge in [-0.3, -0.25) is 0 Å². The Bertz CT molecular complexity index is 887. The van der Waals surface area contributed by atoms with Crippen LogP contribution in [0.1, 0.15) is 11.1 Å². The Balaban J connectivity index is 0.00000392. The Morgan fingerprint density at radius 1 is 0.862 bits per heavy atom. The minimum atomic E-state index is -5.32. The molecule has 2 rings (SSSR count). The Hall–Kier alpha value is -0.870. The molecule has 0 amide bonds. The zero-order chi connectivity index (χ0) is 20.2. The Kier molecular flexibility index (Phi) is 11.7. The summed E-state index contributed by atoms with van der Waals surface area (Å²) >= 11 is 0. The van der Waals surface area contributed by atoms with Crippen molar-refractivity contribution in [2.24, 2.45) is 0 Å². The summed E-state index contributed by atoms with van der Waals surface area (Å²) < 4.78 is 30.3. The number of methoxy groups -OCH3 is 3. The molecule has 0 radical (unpaired) electrons. The van der Waals surface area contributed by atoms with Crippen molar-refractivity contribution >= 4 is 20.0 Å². The van der Waals surface area contributed by atoms with Gasteiger partial charge in [0, 0.05) is 5.56 Å². The van der Waals surface area contributed by atoms with Crippen LogP contribution in [0.15, 0.2) is 24.3 Å². The molecule has 0 aliphatic carbocycles. The SMILES string of the molecule is COc1ccc(/C=C/c2cc(OC)c(OP(=O)([O-])[O-])c(OC)c2)c(O)c1O.[Na+].[Na+]. The van der Waals surface area contributed by atoms with Crippen molar-refractivity contribution in [1.29, 1.82) is 0 Å². The second-order valence-corrected chi connectivity index (χ2v) is 6.26. The number of phosphoric ester groups is 1. The van der Waals surface area contributed by atoms with E-state index in [2.05, 4.69) is 4.52 Å². The molecule has 0 spiro atoms. The number of rotatable bonds is 7. The third-order valence-electron chi connectivity index (χ3n) is 3.51. The Morgan fingerprint density at radius 2 is 1.38 bits per heavy atom. The van der Waals surface area contributed by atoms with Crippen molar-refractivity contribution in [1.82, 2.24) is 0 Å². The van der Waals surface area contributed by atoms with Gasteiger partial charge in [-0.1, -0.05) is 12.2 Å². The first-order valence-corrected chi connectivity index (χ1v) is 8.91. The molecule has 146 valence electrons. The first-order chi connectivity index (χ1) is 12.7. The van der Waals surface area contributed by atoms with Gasteiger partial charge in [0.15, 0.2) is 23.0 Å². The second kappa shape index (κ2) is 12.1. The molecule has 0 atom stereocenters. The molecule has 2 aromatic rings. The second-order valence-electron chi connectivity index (χ2n) is 5.18. The largest absolute Gasteiger partial charge is 1.00 e. The van der Waals surface area contributed by atoms with E-state index >= 15 is 0 Å². The van der Waals surface area contributed by atoms with Crippen molar-refractivity contribution in [3.63, 3.8) is 0 Å². The normalized spacial score (nSPS) is 10.7. The summed E-state index contributed by atoms with van der Waals surface area (Å²) in [7, 11) is -1.43. The molecule has 2 aromatic carbocycles. The third kappa shape index (κ3) is 7.40. The van der Waals surface area contributed by atoms with Gasteiger partial charge in [0.2, 0.25) is 11.5 Å². The summed E-state index contributed by atoms with van der Waals surface area (Å²) in [4.78, 5) is 21.8. The molecule has 2 N–H and O–H groups in total. The van der Waals surface area contributed by atoms with Crippen LogP contribution in [0.4, 0.5) is 0 Å². The van der Waals surface area contributed by atoms with Gasteiger partial charge < -0.3 is 43.3 Å². The summed E-state index contributed by atoms with van der Waals surface area (Å²) in [5.74, 6) is -1.10. The zero-order valence-corrected chi connectivity index (χ0v) is 21.6. The maximum Gasteiger partial charge on any atom is 1.00 e. The minimum absolute atomic E-state index is 0. The molecule has 0 unspecified atom stereocenters. The van der Waals surface area contributed by atoms with Crippen molar-refractivity contribution < 1.29 is 102 Å². The standard InChI is InChI=1S/C17H19O9P.2Na/c1-23-12-7-6-11(15(18)16(12)19)5-4-10-8-13(24-2)17(14(9-10)25-3)26-27(20,21)22;;/h4-9,18-19H,1-3H3,(H2,20,21,22);;/q;2*+1/p-2/b5-4+;;. The molecule has 29 heavy (non-hydrogen) atoms. The van der Waals surface area contributed by atoms with Crippen LogP contribution in [0.5, 0.6) is 34.5 Å². The molecular weight excluding hydrogens is 425 g/mol. The van der Waals surface area contributed by atoms with E-state index in [1.54, 1.807) is 6.08 Å². The van der Waals surface area contributed by atoms with E-state index in [-0.39, 0.29) is 87.9 Å². The van der Waals surface area contributed by atoms with Gasteiger partial charge in [-0.05, 0) is 29.8 Å². The van der Waals surface area contributed by atoms with Gasteiger partial charge in [0.1, 0.15) is 7.82 Å². The van der Waals surface area contributed by atoms with Crippen LogP contribution >= 0.6 is 7.82 Å². The molecule has 9 nitrogen and oxygen atoms in total. The first kappa shape index (κ1) is 28.1. The topological polar surface area (TPSA) is 141 Å². The van der Waals surface area contributed by atoms with Gasteiger partial charge >= 0.3 is 59.1 Å². The number of benzene rings is 2. The van der Waals surface area contributed by atoms with Crippen molar-refractivity contribution in [3.8, 4) is 34.5 Å². The molecule has 0 saturated carbocycles. The van der Waals surface area contributed by atoms with Crippen LogP contribution in [0.3, 0.4) is 0 Å². The summed E-state index contributed by atoms with van der Waals surface area (Å²) in [5.41, 5.74) is 0.785. The summed E-state index contributed by atoms with van der Waals surface area (Å²) in [6, 6.07) is 5.82. The van der Waals surface area contributed by atoms with Gasteiger partial charge in [0.25, 0.3) is 0 Å². The van der Waals surface area contributed by atoms with Crippen LogP contribution in [-0.2, 0) is 4.57 Å². The maximum absolute atomic E-state index is 10.9. The Labute approximate surface area is 212 Å². The van der Waals surface area contributed by atoms with E-state index in [1.807, 2.05) is 0 Å². The molecule has 0 bridgehead atoms. The maximum atomic E-state index is 10.9. The first-order valence-electron chi connectivity index (χ1n) is 7.44. The smallest absolute Gasteiger partial charge is 0.780 e. The molecule has 0 aromatic heterocycles. The monoisotopic (exact) mass is 442 g/mol. The molecule has 0 aliphatic rings. The zero-order valence-electron chi connectivity index (χ0n) is 16.7. The number of hydrogen-bond acceptors (Lipinski definition) is 9. The van der Waals surface area contributed by atoms with E-state index in [0.29, 0.717) is 11.1 Å². The van der Waals surface area contributed by atoms with E-state index in [9.17, 15) is 24.6 Å². The van der Waals surface area contributed by atoms with Crippen LogP contribution in [0, 0.1) is 0 Å². The molecule has 0 saturated heterocycles. The molecule has 0 fully saturated rings. The fraction of sp³-hybridized carbons (Fsp3) is 0.176. The molecular formula is C17H17Na2O9P. The van der Waals surface area contributed by atoms with Crippen LogP contribution in [0.25, 0.3) is 12.2 Å². The number of ether oxygens (including phenoxy) is 3. The van der Waals surface area contributed by atoms with Gasteiger partial charge in [-0.25, -0.2) is 0 Å². The van der Waals surface area contributed by atoms with Gasteiger partial charge in [-0.2, -0.15) is 0 Å². The number of phosphoric acid groups is 1. The molecule has 0 heterocycles. The van der Waals surface area contributed by atoms with E-state index in [4.69, 9.17) is 14.2 Å². The summed E-state index contributed by atoms with van der Waals surface area (Å²) in [6.45, 7) is 0. The summed E-state index contributed by atoms with van der Waals surface area (Å²) in [6.07, 6.45) is 3.04. The van der Waals surface area contributed by atoms with Crippen LogP contribution < -0.4 is 87.6 Å². The fourth-order valence-corrected chi connectivity index (χ4v) is 2.66. The third-order valence-corrected chi connectivity index (χ3v) is 3.91. The van der Waals surface area contributed by atoms with Crippen molar-refractivity contribution in [2.45, 2.75) is 0 Å². The number of hydrogen-bond donors (Lipinski definition) is 2. The summed E-state index contributed by atoms with van der Waals surface area (Å²) in [5, 5.41) is 19.8. The average Bonchev–Trinajstić information content (AvgIpc) is 2.62. The fourth-order valence-electron chi connectivity index (χ4n) is 2.26. The predicted molar refractivity (Wildman–Crippen MR) is 93.0 cm³/mol. The van der Waals surface area contributed by atoms with E-state index in [0.717, 1.165) is 0 Å². The number of phenols is 2. The number of phenolic OH excluding ortho intramolecular Hbond substituents is 2. The quantitative estimate of drug-likeness (QED) is 0.188. The predicted octanol–water partition coefficient (Wildman–Crippen LogP) is -4.49. The Morgan fingerprint density at radius 3 is 1.83 bits per heavy atom. The number of aromatic hydroxyl groups is 2. The van der Waals surface area contributed by atoms with Crippen LogP contribution in [0.2, 0.25) is 0 Å². The van der Waals surface area contributed by atoms with E-state index < -0.39 is 13.6 Å². The minimum Gasteiger partial charge on any atom is -0.780 e. The van der Waals surface area contributed by atoms with Gasteiger partial charge in [-0.15, -0.1) is 0 Å². The van der Waals surface area contributed by atoms with Crippen LogP contribution in [-0.4, -0.2) is 31.5 Å². The molecule has 0 aliphatic heterocycles. The average molecular weight is 442 g/mol. The van der Waals surface area contributed by atoms with E-state index in [1.165, 1.54) is 51.7 Å². The van der Waals surface area contributed by atoms with Gasteiger partial charge in [0.05, 0.1) is 21.3 Å². The molecule has 12 heteroatoms. The van der Waals surface area contributed by atoms with Crippen molar-refractivity contribution in [3.05, 3.63) is 35.4 Å². The van der Waals surface area contributed by atoms with Crippen molar-refractivity contribution in [2.75, 3.05) is 21.3 Å².